The smallest absolute Gasteiger partial charge is 0.537 e. The van der Waals surface area contributed by atoms with Crippen LogP contribution >= 0.6 is 11.6 Å². The van der Waals surface area contributed by atoms with Crippen LogP contribution in [0.3, 0.4) is 0 Å². The maximum absolute atomic E-state index is 12.0. The highest BCUT2D eigenvalue weighted by Crippen LogP contribution is 2.40. The quantitative estimate of drug-likeness (QED) is 0.138. The van der Waals surface area contributed by atoms with Crippen LogP contribution in [0.4, 0.5) is 0 Å². The van der Waals surface area contributed by atoms with Crippen molar-refractivity contribution in [1.82, 2.24) is 30.2 Å². The molecule has 16 heteroatoms. The Morgan fingerprint density at radius 3 is 1.70 bits per heavy atom. The van der Waals surface area contributed by atoms with Gasteiger partial charge in [-0.2, -0.15) is 0 Å². The second kappa shape index (κ2) is 19.0. The van der Waals surface area contributed by atoms with Crippen LogP contribution in [0.25, 0.3) is 77.4 Å². The third-order valence-corrected chi connectivity index (χ3v) is 10.3. The number of aromatic amines is 2. The average molecular weight is 880 g/mol. The van der Waals surface area contributed by atoms with Crippen molar-refractivity contribution >= 4 is 63.3 Å². The molecule has 0 fully saturated rings. The molecule has 1 radical (unpaired) electrons. The zero-order chi connectivity index (χ0) is 45.8. The van der Waals surface area contributed by atoms with E-state index in [1.54, 1.807) is 24.5 Å². The van der Waals surface area contributed by atoms with Crippen molar-refractivity contribution in [2.24, 2.45) is 5.92 Å². The Kier molecular flexibility index (Phi) is 13.3. The van der Waals surface area contributed by atoms with Crippen molar-refractivity contribution in [3.8, 4) is 39.1 Å². The van der Waals surface area contributed by atoms with E-state index in [1.807, 2.05) is 102 Å². The lowest BCUT2D eigenvalue weighted by Gasteiger charge is -2.12. The first-order valence-electron chi connectivity index (χ1n) is 20.3. The molecule has 0 atom stereocenters. The molecule has 4 aromatic carbocycles. The molecular formula is C48H45BClN6O8. The first kappa shape index (κ1) is 44.8. The number of hydrogen-bond acceptors (Lipinski definition) is 12. The fourth-order valence-corrected chi connectivity index (χ4v) is 7.66. The van der Waals surface area contributed by atoms with Gasteiger partial charge in [0.25, 0.3) is 0 Å². The molecule has 0 spiro atoms. The van der Waals surface area contributed by atoms with Gasteiger partial charge in [-0.3, -0.25) is 19.9 Å². The fraction of sp³-hybridized carbons (Fsp3) is 0.208. The van der Waals surface area contributed by atoms with E-state index in [4.69, 9.17) is 39.2 Å². The van der Waals surface area contributed by atoms with Crippen molar-refractivity contribution in [1.29, 1.82) is 0 Å². The maximum Gasteiger partial charge on any atom is 0.569 e. The van der Waals surface area contributed by atoms with Gasteiger partial charge in [0, 0.05) is 39.9 Å². The average Bonchev–Trinajstić information content (AvgIpc) is 4.02. The molecule has 3 N–H and O–H groups in total. The van der Waals surface area contributed by atoms with Crippen molar-refractivity contribution in [3.05, 3.63) is 145 Å². The third kappa shape index (κ3) is 9.41. The van der Waals surface area contributed by atoms with Gasteiger partial charge in [0.1, 0.15) is 17.3 Å². The zero-order valence-electron chi connectivity index (χ0n) is 36.7. The van der Waals surface area contributed by atoms with Gasteiger partial charge < -0.3 is 27.6 Å². The van der Waals surface area contributed by atoms with Crippen LogP contribution in [0.1, 0.15) is 54.8 Å². The summed E-state index contributed by atoms with van der Waals surface area (Å²) in [6.07, 6.45) is 3.50. The Hall–Kier alpha value is -7.23. The number of aryl methyl sites for hydroxylation is 6. The summed E-state index contributed by atoms with van der Waals surface area (Å²) in [5, 5.41) is 18.9. The lowest BCUT2D eigenvalue weighted by Crippen LogP contribution is -2.02. The van der Waals surface area contributed by atoms with Crippen LogP contribution < -0.4 is 16.2 Å². The Morgan fingerprint density at radius 1 is 0.656 bits per heavy atom. The molecule has 10 rings (SSSR count). The van der Waals surface area contributed by atoms with Crippen LogP contribution in [0.15, 0.2) is 113 Å². The zero-order valence-corrected chi connectivity index (χ0v) is 37.5. The molecule has 325 valence electrons. The highest BCUT2D eigenvalue weighted by atomic mass is 35.5. The van der Waals surface area contributed by atoms with E-state index in [0.29, 0.717) is 46.4 Å². The predicted molar refractivity (Wildman–Crippen MR) is 250 cm³/mol. The third-order valence-electron chi connectivity index (χ3n) is 10.0. The maximum atomic E-state index is 12.0. The molecule has 6 heterocycles. The van der Waals surface area contributed by atoms with Gasteiger partial charge in [-0.1, -0.05) is 60.9 Å². The van der Waals surface area contributed by atoms with Gasteiger partial charge in [0.15, 0.2) is 11.2 Å². The number of pyridine rings is 2. The second-order valence-corrected chi connectivity index (χ2v) is 16.1. The van der Waals surface area contributed by atoms with E-state index in [0.717, 1.165) is 89.4 Å². The van der Waals surface area contributed by atoms with Crippen molar-refractivity contribution in [3.63, 3.8) is 0 Å². The van der Waals surface area contributed by atoms with Crippen LogP contribution in [-0.2, 0) is 0 Å². The summed E-state index contributed by atoms with van der Waals surface area (Å²) in [6, 6.07) is 23.0. The minimum absolute atomic E-state index is 0.358. The van der Waals surface area contributed by atoms with Crippen LogP contribution in [-0.4, -0.2) is 43.0 Å². The highest BCUT2D eigenvalue weighted by molar-refractivity contribution is 6.35. The summed E-state index contributed by atoms with van der Waals surface area (Å²) in [4.78, 5) is 37.2. The summed E-state index contributed by atoms with van der Waals surface area (Å²) in [7, 11) is 0.689. The van der Waals surface area contributed by atoms with Crippen molar-refractivity contribution in [2.75, 3.05) is 0 Å². The second-order valence-electron chi connectivity index (χ2n) is 15.7. The molecule has 0 aliphatic heterocycles. The Balaban J connectivity index is 0.000000146. The number of H-pyrrole nitrogens is 2. The normalized spacial score (nSPS) is 11.0. The molecule has 0 aliphatic rings. The topological polar surface area (TPSA) is 199 Å². The van der Waals surface area contributed by atoms with Crippen LogP contribution in [0.2, 0.25) is 5.02 Å². The molecule has 0 aliphatic carbocycles. The van der Waals surface area contributed by atoms with Gasteiger partial charge in [-0.15, -0.1) is 0 Å². The summed E-state index contributed by atoms with van der Waals surface area (Å²) in [6.45, 7) is 17.9. The van der Waals surface area contributed by atoms with Gasteiger partial charge in [0.05, 0.1) is 38.5 Å². The number of fused-ring (bicyclic) bond motifs is 4. The molecule has 6 aromatic heterocycles. The Morgan fingerprint density at radius 2 is 1.16 bits per heavy atom. The number of benzene rings is 4. The lowest BCUT2D eigenvalue weighted by molar-refractivity contribution is 0.393. The molecule has 0 bridgehead atoms. The number of aromatic nitrogens is 6. The van der Waals surface area contributed by atoms with E-state index in [9.17, 15) is 9.59 Å². The molecule has 0 amide bonds. The summed E-state index contributed by atoms with van der Waals surface area (Å²) in [5.41, 5.74) is 12.8. The van der Waals surface area contributed by atoms with E-state index in [1.165, 1.54) is 0 Å². The number of rotatable bonds is 5. The number of nitrogens with zero attached hydrogens (tertiary/aromatic N) is 4. The van der Waals surface area contributed by atoms with E-state index in [-0.39, 0.29) is 0 Å². The SMILES string of the molecule is CC(C)C.Cc1ccc2ncccc2c1-c1cc(-c2c(C)noc2C)cc2[nH]c(=O)oc12.Cc1ccc2ncccc2c1O[B]O.Cc1noc(C)c1-c1cc(Cl)c2oc(=O)[nH]c2c1. The lowest BCUT2D eigenvalue weighted by atomic mass is 9.92. The molecular weight excluding hydrogens is 835 g/mol. The van der Waals surface area contributed by atoms with E-state index >= 15 is 0 Å². The van der Waals surface area contributed by atoms with Crippen LogP contribution in [0, 0.1) is 47.5 Å². The first-order chi connectivity index (χ1) is 30.6. The molecule has 64 heavy (non-hydrogen) atoms. The van der Waals surface area contributed by atoms with Gasteiger partial charge >= 0.3 is 19.2 Å². The number of oxazole rings is 2. The number of nitrogens with one attached hydrogen (secondary N) is 2. The minimum atomic E-state index is -0.525. The highest BCUT2D eigenvalue weighted by Gasteiger charge is 2.20. The fourth-order valence-electron chi connectivity index (χ4n) is 7.41. The molecule has 0 unspecified atom stereocenters. The Labute approximate surface area is 372 Å². The molecule has 0 saturated carbocycles. The summed E-state index contributed by atoms with van der Waals surface area (Å²) >= 11 is 6.09. The number of halogens is 1. The monoisotopic (exact) mass is 879 g/mol. The van der Waals surface area contributed by atoms with Crippen molar-refractivity contribution in [2.45, 2.75) is 62.3 Å². The molecule has 10 aromatic rings. The van der Waals surface area contributed by atoms with Gasteiger partial charge in [-0.25, -0.2) is 9.59 Å². The van der Waals surface area contributed by atoms with Gasteiger partial charge in [-0.05, 0) is 130 Å². The Bertz CT molecular complexity index is 3360. The van der Waals surface area contributed by atoms with Crippen LogP contribution in [0.5, 0.6) is 5.75 Å². The minimum Gasteiger partial charge on any atom is -0.537 e. The summed E-state index contributed by atoms with van der Waals surface area (Å²) < 4.78 is 26.0. The number of hydrogen-bond donors (Lipinski definition) is 3. The van der Waals surface area contributed by atoms with Gasteiger partial charge in [0.2, 0.25) is 0 Å². The first-order valence-corrected chi connectivity index (χ1v) is 20.7. The van der Waals surface area contributed by atoms with Crippen molar-refractivity contribution < 1.29 is 27.6 Å². The van der Waals surface area contributed by atoms with E-state index < -0.39 is 11.5 Å². The van der Waals surface area contributed by atoms with E-state index in [2.05, 4.69) is 51.0 Å². The summed E-state index contributed by atoms with van der Waals surface area (Å²) in [5.74, 6) is 1.91. The largest absolute Gasteiger partial charge is 0.569 e. The standard InChI is InChI=1S/C22H17N3O3.C12H9ClN2O3.C10H9BNO2.C4H10/c1-11-6-7-17-15(5-4-8-23-17)19(11)16-9-14(20-12(2)25-28-13(20)3)10-18-21(16)27-22(26)24-18;1-5-10(6(2)18-15-5)7-3-8(13)11-9(4-7)14-12(16)17-11;1-7-4-5-9-8(3-2-6-12-9)10(7)14-11-13;1-4(2)3/h4-10H,1-3H3,(H,24,26);3-4H,1-2H3,(H,14,16);2-6,13H,1H3;4H,1-3H3. The predicted octanol–water partition coefficient (Wildman–Crippen LogP) is 11.1. The molecule has 14 nitrogen and oxygen atoms in total. The molecule has 0 saturated heterocycles.